The molecule has 0 spiro atoms. The van der Waals surface area contributed by atoms with Crippen molar-refractivity contribution in [3.63, 3.8) is 0 Å². The number of benzene rings is 1. The van der Waals surface area contributed by atoms with Crippen molar-refractivity contribution in [1.29, 1.82) is 0 Å². The first-order valence-electron chi connectivity index (χ1n) is 7.66. The van der Waals surface area contributed by atoms with E-state index in [0.717, 1.165) is 15.1 Å². The Hall–Kier alpha value is -2.16. The molecule has 3 aromatic rings. The summed E-state index contributed by atoms with van der Waals surface area (Å²) in [7, 11) is 0. The minimum Gasteiger partial charge on any atom is -0.343 e. The Bertz CT molecular complexity index is 852. The molecule has 0 bridgehead atoms. The molecule has 2 heterocycles. The van der Waals surface area contributed by atoms with Gasteiger partial charge in [-0.1, -0.05) is 6.07 Å². The van der Waals surface area contributed by atoms with Gasteiger partial charge in [0.25, 0.3) is 5.91 Å². The minimum atomic E-state index is -0.142. The van der Waals surface area contributed by atoms with Gasteiger partial charge >= 0.3 is 0 Å². The van der Waals surface area contributed by atoms with E-state index in [1.165, 1.54) is 0 Å². The topological polar surface area (TPSA) is 64.7 Å². The van der Waals surface area contributed by atoms with Crippen molar-refractivity contribution in [3.05, 3.63) is 64.0 Å². The fraction of sp³-hybridized carbons (Fsp3) is 0.235. The normalized spacial score (nSPS) is 11.0. The van der Waals surface area contributed by atoms with Crippen LogP contribution in [-0.2, 0) is 6.54 Å². The van der Waals surface area contributed by atoms with Gasteiger partial charge in [-0.3, -0.25) is 4.79 Å². The summed E-state index contributed by atoms with van der Waals surface area (Å²) in [5, 5.41) is 10.9. The summed E-state index contributed by atoms with van der Waals surface area (Å²) in [6, 6.07) is 11.9. The van der Waals surface area contributed by atoms with E-state index in [0.29, 0.717) is 12.2 Å². The molecule has 0 saturated heterocycles. The van der Waals surface area contributed by atoms with E-state index in [1.807, 2.05) is 51.7 Å². The van der Waals surface area contributed by atoms with E-state index < -0.39 is 0 Å². The number of halogens is 1. The lowest BCUT2D eigenvalue weighted by atomic mass is 10.3. The largest absolute Gasteiger partial charge is 0.343 e. The van der Waals surface area contributed by atoms with Gasteiger partial charge in [0.1, 0.15) is 12.0 Å². The molecule has 1 amide bonds. The minimum absolute atomic E-state index is 0.142. The highest BCUT2D eigenvalue weighted by Gasteiger charge is 2.14. The second-order valence-electron chi connectivity index (χ2n) is 5.67. The number of nitrogens with zero attached hydrogens (tertiary/aromatic N) is 4. The highest BCUT2D eigenvalue weighted by molar-refractivity contribution is 14.1. The van der Waals surface area contributed by atoms with Gasteiger partial charge in [-0.2, -0.15) is 0 Å². The molecule has 124 valence electrons. The average Bonchev–Trinajstić information content (AvgIpc) is 3.21. The standard InChI is InChI=1S/C17H18IN5O/c1-12(2)23-11-20-21-16(23)10-19-17(24)15-7-4-8-22(15)14-6-3-5-13(18)9-14/h3-9,11-12H,10H2,1-2H3,(H,19,24). The van der Waals surface area contributed by atoms with Gasteiger partial charge in [-0.25, -0.2) is 0 Å². The van der Waals surface area contributed by atoms with Crippen molar-refractivity contribution in [3.8, 4) is 5.69 Å². The molecule has 0 unspecified atom stereocenters. The summed E-state index contributed by atoms with van der Waals surface area (Å²) in [4.78, 5) is 12.6. The molecule has 2 aromatic heterocycles. The van der Waals surface area contributed by atoms with Gasteiger partial charge < -0.3 is 14.5 Å². The zero-order chi connectivity index (χ0) is 17.1. The van der Waals surface area contributed by atoms with E-state index in [1.54, 1.807) is 6.33 Å². The Morgan fingerprint density at radius 3 is 2.88 bits per heavy atom. The summed E-state index contributed by atoms with van der Waals surface area (Å²) in [5.74, 6) is 0.600. The van der Waals surface area contributed by atoms with Gasteiger partial charge in [0.2, 0.25) is 0 Å². The van der Waals surface area contributed by atoms with Crippen LogP contribution >= 0.6 is 22.6 Å². The number of amides is 1. The molecule has 0 aliphatic carbocycles. The molecule has 0 aliphatic heterocycles. The first-order chi connectivity index (χ1) is 11.6. The lowest BCUT2D eigenvalue weighted by Gasteiger charge is -2.12. The molecule has 0 atom stereocenters. The third-order valence-corrected chi connectivity index (χ3v) is 4.35. The molecule has 1 aromatic carbocycles. The molecule has 0 fully saturated rings. The first kappa shape index (κ1) is 16.7. The van der Waals surface area contributed by atoms with Crippen LogP contribution in [0.2, 0.25) is 0 Å². The summed E-state index contributed by atoms with van der Waals surface area (Å²) >= 11 is 2.26. The van der Waals surface area contributed by atoms with Crippen molar-refractivity contribution in [2.24, 2.45) is 0 Å². The SMILES string of the molecule is CC(C)n1cnnc1CNC(=O)c1cccn1-c1cccc(I)c1. The van der Waals surface area contributed by atoms with Crippen molar-refractivity contribution >= 4 is 28.5 Å². The molecule has 6 nitrogen and oxygen atoms in total. The molecule has 24 heavy (non-hydrogen) atoms. The van der Waals surface area contributed by atoms with E-state index in [4.69, 9.17) is 0 Å². The lowest BCUT2D eigenvalue weighted by Crippen LogP contribution is -2.26. The summed E-state index contributed by atoms with van der Waals surface area (Å²) in [6.07, 6.45) is 3.57. The van der Waals surface area contributed by atoms with Crippen LogP contribution in [-0.4, -0.2) is 25.2 Å². The predicted molar refractivity (Wildman–Crippen MR) is 100 cm³/mol. The quantitative estimate of drug-likeness (QED) is 0.627. The molecular formula is C17H18IN5O. The highest BCUT2D eigenvalue weighted by Crippen LogP contribution is 2.16. The van der Waals surface area contributed by atoms with Gasteiger partial charge in [0, 0.05) is 21.5 Å². The molecule has 0 radical (unpaired) electrons. The van der Waals surface area contributed by atoms with Crippen molar-refractivity contribution < 1.29 is 4.79 Å². The maximum Gasteiger partial charge on any atom is 0.268 e. The second-order valence-corrected chi connectivity index (χ2v) is 6.92. The first-order valence-corrected chi connectivity index (χ1v) is 8.74. The fourth-order valence-electron chi connectivity index (χ4n) is 2.49. The smallest absolute Gasteiger partial charge is 0.268 e. The monoisotopic (exact) mass is 435 g/mol. The van der Waals surface area contributed by atoms with Crippen LogP contribution in [0.3, 0.4) is 0 Å². The van der Waals surface area contributed by atoms with Crippen LogP contribution in [0.4, 0.5) is 0 Å². The van der Waals surface area contributed by atoms with Crippen LogP contribution in [0.1, 0.15) is 36.2 Å². The number of hydrogen-bond donors (Lipinski definition) is 1. The zero-order valence-corrected chi connectivity index (χ0v) is 15.6. The van der Waals surface area contributed by atoms with Crippen molar-refractivity contribution in [1.82, 2.24) is 24.6 Å². The number of carbonyl (C=O) groups is 1. The molecule has 0 saturated carbocycles. The van der Waals surface area contributed by atoms with Gasteiger partial charge in [0.15, 0.2) is 5.82 Å². The Morgan fingerprint density at radius 1 is 1.29 bits per heavy atom. The lowest BCUT2D eigenvalue weighted by molar-refractivity contribution is 0.0942. The van der Waals surface area contributed by atoms with Crippen LogP contribution < -0.4 is 5.32 Å². The number of nitrogens with one attached hydrogen (secondary N) is 1. The van der Waals surface area contributed by atoms with Crippen molar-refractivity contribution in [2.75, 3.05) is 0 Å². The maximum absolute atomic E-state index is 12.6. The Kier molecular flexibility index (Phi) is 4.98. The van der Waals surface area contributed by atoms with E-state index in [2.05, 4.69) is 52.0 Å². The fourth-order valence-corrected chi connectivity index (χ4v) is 3.02. The van der Waals surface area contributed by atoms with Gasteiger partial charge in [-0.05, 0) is 66.8 Å². The third kappa shape index (κ3) is 3.50. The molecule has 0 aliphatic rings. The molecular weight excluding hydrogens is 417 g/mol. The summed E-state index contributed by atoms with van der Waals surface area (Å²) < 4.78 is 4.94. The van der Waals surface area contributed by atoms with E-state index >= 15 is 0 Å². The summed E-state index contributed by atoms with van der Waals surface area (Å²) in [6.45, 7) is 4.45. The average molecular weight is 435 g/mol. The van der Waals surface area contributed by atoms with E-state index in [-0.39, 0.29) is 11.9 Å². The van der Waals surface area contributed by atoms with Gasteiger partial charge in [0.05, 0.1) is 6.54 Å². The van der Waals surface area contributed by atoms with E-state index in [9.17, 15) is 4.79 Å². The Labute approximate surface area is 154 Å². The molecule has 3 rings (SSSR count). The summed E-state index contributed by atoms with van der Waals surface area (Å²) in [5.41, 5.74) is 1.55. The van der Waals surface area contributed by atoms with Crippen LogP contribution in [0, 0.1) is 3.57 Å². The molecule has 1 N–H and O–H groups in total. The second kappa shape index (κ2) is 7.16. The number of aromatic nitrogens is 4. The Balaban J connectivity index is 1.77. The number of hydrogen-bond acceptors (Lipinski definition) is 3. The van der Waals surface area contributed by atoms with Crippen LogP contribution in [0.25, 0.3) is 5.69 Å². The highest BCUT2D eigenvalue weighted by atomic mass is 127. The third-order valence-electron chi connectivity index (χ3n) is 3.68. The van der Waals surface area contributed by atoms with Crippen molar-refractivity contribution in [2.45, 2.75) is 26.4 Å². The molecule has 7 heteroatoms. The van der Waals surface area contributed by atoms with Crippen LogP contribution in [0.15, 0.2) is 48.9 Å². The van der Waals surface area contributed by atoms with Crippen LogP contribution in [0.5, 0.6) is 0 Å². The number of rotatable bonds is 5. The maximum atomic E-state index is 12.6. The zero-order valence-electron chi connectivity index (χ0n) is 13.5. The number of carbonyl (C=O) groups excluding carboxylic acids is 1. The Morgan fingerprint density at radius 2 is 2.12 bits per heavy atom. The van der Waals surface area contributed by atoms with Gasteiger partial charge in [-0.15, -0.1) is 10.2 Å². The predicted octanol–water partition coefficient (Wildman–Crippen LogP) is 3.18.